The van der Waals surface area contributed by atoms with Crippen molar-refractivity contribution in [2.45, 2.75) is 52.4 Å². The molecule has 0 unspecified atom stereocenters. The first kappa shape index (κ1) is 13.6. The van der Waals surface area contributed by atoms with Gasteiger partial charge in [0.15, 0.2) is 0 Å². The van der Waals surface area contributed by atoms with Crippen LogP contribution in [0.2, 0.25) is 0 Å². The molecule has 0 atom stereocenters. The van der Waals surface area contributed by atoms with E-state index in [4.69, 9.17) is 0 Å². The summed E-state index contributed by atoms with van der Waals surface area (Å²) in [6.45, 7) is 6.70. The summed E-state index contributed by atoms with van der Waals surface area (Å²) in [5, 5.41) is 3.48. The van der Waals surface area contributed by atoms with Gasteiger partial charge in [0.1, 0.15) is 0 Å². The number of nitrogens with one attached hydrogen (secondary N) is 1. The van der Waals surface area contributed by atoms with Crippen LogP contribution < -0.4 is 5.32 Å². The maximum atomic E-state index is 3.48. The Labute approximate surface area is 112 Å². The molecule has 0 aromatic heterocycles. The van der Waals surface area contributed by atoms with Crippen LogP contribution in [0.1, 0.15) is 50.7 Å². The number of benzene rings is 1. The lowest BCUT2D eigenvalue weighted by Gasteiger charge is -2.41. The molecule has 1 saturated heterocycles. The van der Waals surface area contributed by atoms with Crippen LogP contribution in [0, 0.1) is 5.41 Å². The molecule has 1 fully saturated rings. The summed E-state index contributed by atoms with van der Waals surface area (Å²) < 4.78 is 0. The summed E-state index contributed by atoms with van der Waals surface area (Å²) in [5.74, 6) is 0. The van der Waals surface area contributed by atoms with Gasteiger partial charge in [0.25, 0.3) is 0 Å². The van der Waals surface area contributed by atoms with Crippen LogP contribution in [0.3, 0.4) is 0 Å². The first-order valence-electron chi connectivity index (χ1n) is 7.57. The number of fused-ring (bicyclic) bond motifs is 1. The molecule has 0 amide bonds. The highest BCUT2D eigenvalue weighted by Gasteiger charge is 2.34. The van der Waals surface area contributed by atoms with Gasteiger partial charge in [-0.05, 0) is 61.7 Å². The SMILES string of the molecule is CCC.c1ccc2c(c1)CCC1(CCNCC1)C2. The fourth-order valence-electron chi connectivity index (χ4n) is 3.25. The van der Waals surface area contributed by atoms with E-state index in [-0.39, 0.29) is 0 Å². The maximum Gasteiger partial charge on any atom is -0.00435 e. The highest BCUT2D eigenvalue weighted by molar-refractivity contribution is 5.31. The van der Waals surface area contributed by atoms with E-state index in [1.54, 1.807) is 11.1 Å². The van der Waals surface area contributed by atoms with E-state index in [9.17, 15) is 0 Å². The molecule has 1 aliphatic heterocycles. The highest BCUT2D eigenvalue weighted by Crippen LogP contribution is 2.41. The molecule has 0 radical (unpaired) electrons. The Kier molecular flexibility index (Phi) is 4.82. The smallest absolute Gasteiger partial charge is 0.00435 e. The molecule has 1 aromatic rings. The molecule has 100 valence electrons. The van der Waals surface area contributed by atoms with Gasteiger partial charge in [0.2, 0.25) is 0 Å². The second-order valence-electron chi connectivity index (χ2n) is 5.90. The molecule has 0 saturated carbocycles. The van der Waals surface area contributed by atoms with Crippen LogP contribution in [0.5, 0.6) is 0 Å². The van der Waals surface area contributed by atoms with Crippen molar-refractivity contribution in [2.24, 2.45) is 5.41 Å². The molecule has 1 aliphatic carbocycles. The molecule has 1 N–H and O–H groups in total. The Morgan fingerprint density at radius 3 is 2.28 bits per heavy atom. The third kappa shape index (κ3) is 3.14. The summed E-state index contributed by atoms with van der Waals surface area (Å²) >= 11 is 0. The number of hydrogen-bond donors (Lipinski definition) is 1. The Bertz CT molecular complexity index is 364. The fourth-order valence-corrected chi connectivity index (χ4v) is 3.25. The fraction of sp³-hybridized carbons (Fsp3) is 0.647. The van der Waals surface area contributed by atoms with Crippen molar-refractivity contribution in [3.05, 3.63) is 35.4 Å². The first-order chi connectivity index (χ1) is 8.79. The van der Waals surface area contributed by atoms with Gasteiger partial charge in [-0.1, -0.05) is 44.5 Å². The number of piperidine rings is 1. The minimum absolute atomic E-state index is 0.638. The van der Waals surface area contributed by atoms with Crippen molar-refractivity contribution in [1.29, 1.82) is 0 Å². The monoisotopic (exact) mass is 245 g/mol. The van der Waals surface area contributed by atoms with E-state index in [0.717, 1.165) is 0 Å². The van der Waals surface area contributed by atoms with Crippen molar-refractivity contribution in [3.63, 3.8) is 0 Å². The lowest BCUT2D eigenvalue weighted by atomic mass is 9.66. The number of rotatable bonds is 0. The maximum absolute atomic E-state index is 3.48. The first-order valence-corrected chi connectivity index (χ1v) is 7.57. The van der Waals surface area contributed by atoms with Gasteiger partial charge in [-0.3, -0.25) is 0 Å². The van der Waals surface area contributed by atoms with E-state index in [1.165, 1.54) is 51.6 Å². The summed E-state index contributed by atoms with van der Waals surface area (Å²) in [7, 11) is 0. The molecule has 1 heterocycles. The molecule has 1 heteroatoms. The molecule has 18 heavy (non-hydrogen) atoms. The molecule has 2 aliphatic rings. The molecule has 1 spiro atoms. The van der Waals surface area contributed by atoms with E-state index in [0.29, 0.717) is 5.41 Å². The number of aryl methyl sites for hydroxylation is 1. The van der Waals surface area contributed by atoms with Gasteiger partial charge in [0, 0.05) is 0 Å². The van der Waals surface area contributed by atoms with Gasteiger partial charge in [-0.15, -0.1) is 0 Å². The molecule has 3 rings (SSSR count). The largest absolute Gasteiger partial charge is 0.317 e. The zero-order valence-corrected chi connectivity index (χ0v) is 12.0. The van der Waals surface area contributed by atoms with Gasteiger partial charge in [-0.2, -0.15) is 0 Å². The van der Waals surface area contributed by atoms with Crippen molar-refractivity contribution in [2.75, 3.05) is 13.1 Å². The highest BCUT2D eigenvalue weighted by atomic mass is 14.9. The topological polar surface area (TPSA) is 12.0 Å². The second kappa shape index (κ2) is 6.38. The van der Waals surface area contributed by atoms with Gasteiger partial charge in [0.05, 0.1) is 0 Å². The van der Waals surface area contributed by atoms with Crippen molar-refractivity contribution in [3.8, 4) is 0 Å². The molecule has 1 nitrogen and oxygen atoms in total. The summed E-state index contributed by atoms with van der Waals surface area (Å²) in [4.78, 5) is 0. The van der Waals surface area contributed by atoms with Crippen LogP contribution >= 0.6 is 0 Å². The minimum atomic E-state index is 0.638. The summed E-state index contributed by atoms with van der Waals surface area (Å²) in [5.41, 5.74) is 3.85. The molecule has 0 bridgehead atoms. The van der Waals surface area contributed by atoms with Crippen LogP contribution in [-0.2, 0) is 12.8 Å². The van der Waals surface area contributed by atoms with Crippen LogP contribution in [-0.4, -0.2) is 13.1 Å². The lowest BCUT2D eigenvalue weighted by Crippen LogP contribution is -2.40. The third-order valence-corrected chi connectivity index (χ3v) is 4.27. The van der Waals surface area contributed by atoms with Crippen LogP contribution in [0.4, 0.5) is 0 Å². The van der Waals surface area contributed by atoms with Crippen molar-refractivity contribution < 1.29 is 0 Å². The van der Waals surface area contributed by atoms with Gasteiger partial charge < -0.3 is 5.32 Å². The van der Waals surface area contributed by atoms with E-state index in [1.807, 2.05) is 0 Å². The average molecular weight is 245 g/mol. The van der Waals surface area contributed by atoms with E-state index < -0.39 is 0 Å². The third-order valence-electron chi connectivity index (χ3n) is 4.27. The van der Waals surface area contributed by atoms with Crippen molar-refractivity contribution in [1.82, 2.24) is 5.32 Å². The van der Waals surface area contributed by atoms with Gasteiger partial charge >= 0.3 is 0 Å². The lowest BCUT2D eigenvalue weighted by molar-refractivity contribution is 0.174. The average Bonchev–Trinajstić information content (AvgIpc) is 2.40. The predicted molar refractivity (Wildman–Crippen MR) is 79.0 cm³/mol. The Morgan fingerprint density at radius 2 is 1.61 bits per heavy atom. The Balaban J connectivity index is 0.000000367. The molecular weight excluding hydrogens is 218 g/mol. The predicted octanol–water partition coefficient (Wildman–Crippen LogP) is 3.96. The summed E-state index contributed by atoms with van der Waals surface area (Å²) in [6, 6.07) is 9.01. The normalized spacial score (nSPS) is 20.8. The van der Waals surface area contributed by atoms with Crippen LogP contribution in [0.15, 0.2) is 24.3 Å². The summed E-state index contributed by atoms with van der Waals surface area (Å²) in [6.07, 6.45) is 8.04. The zero-order valence-electron chi connectivity index (χ0n) is 12.0. The van der Waals surface area contributed by atoms with Crippen molar-refractivity contribution >= 4 is 0 Å². The number of hydrogen-bond acceptors (Lipinski definition) is 1. The van der Waals surface area contributed by atoms with E-state index >= 15 is 0 Å². The zero-order chi connectivity index (χ0) is 12.8. The molecule has 1 aromatic carbocycles. The second-order valence-corrected chi connectivity index (χ2v) is 5.90. The Morgan fingerprint density at radius 1 is 1.00 bits per heavy atom. The van der Waals surface area contributed by atoms with Crippen LogP contribution in [0.25, 0.3) is 0 Å². The Hall–Kier alpha value is -0.820. The van der Waals surface area contributed by atoms with Gasteiger partial charge in [-0.25, -0.2) is 0 Å². The quantitative estimate of drug-likeness (QED) is 0.729. The van der Waals surface area contributed by atoms with E-state index in [2.05, 4.69) is 43.4 Å². The molecular formula is C17H27N. The minimum Gasteiger partial charge on any atom is -0.317 e. The standard InChI is InChI=1S/C14H19N.C3H8/c1-2-4-13-11-14(6-5-12(13)3-1)7-9-15-10-8-14;1-3-2/h1-4,15H,5-11H2;3H2,1-2H3.